The van der Waals surface area contributed by atoms with Crippen molar-refractivity contribution in [2.75, 3.05) is 37.6 Å². The van der Waals surface area contributed by atoms with Gasteiger partial charge in [0.15, 0.2) is 5.01 Å². The Bertz CT molecular complexity index is 1550. The van der Waals surface area contributed by atoms with Gasteiger partial charge >= 0.3 is 0 Å². The zero-order valence-corrected chi connectivity index (χ0v) is 22.3. The van der Waals surface area contributed by atoms with Gasteiger partial charge in [-0.25, -0.2) is 13.4 Å². The number of rotatable bonds is 4. The van der Waals surface area contributed by atoms with Crippen molar-refractivity contribution in [3.8, 4) is 0 Å². The smallest absolute Gasteiger partial charge is 0.282 e. The summed E-state index contributed by atoms with van der Waals surface area (Å²) in [7, 11) is -3.64. The van der Waals surface area contributed by atoms with Gasteiger partial charge in [-0.1, -0.05) is 17.7 Å². The van der Waals surface area contributed by atoms with Gasteiger partial charge in [0.2, 0.25) is 0 Å². The lowest BCUT2D eigenvalue weighted by molar-refractivity contribution is 0.0697. The molecule has 5 heterocycles. The number of piperazine rings is 1. The van der Waals surface area contributed by atoms with E-state index < -0.39 is 10.0 Å². The highest BCUT2D eigenvalue weighted by Gasteiger charge is 2.33. The van der Waals surface area contributed by atoms with E-state index in [0.717, 1.165) is 45.9 Å². The van der Waals surface area contributed by atoms with E-state index in [9.17, 15) is 13.2 Å². The summed E-state index contributed by atoms with van der Waals surface area (Å²) in [6.45, 7) is 2.74. The van der Waals surface area contributed by atoms with Crippen molar-refractivity contribution in [3.05, 3.63) is 69.4 Å². The number of thiophene rings is 1. The van der Waals surface area contributed by atoms with Crippen molar-refractivity contribution in [1.29, 1.82) is 0 Å². The monoisotopic (exact) mass is 559 g/mol. The Morgan fingerprint density at radius 3 is 2.53 bits per heavy atom. The summed E-state index contributed by atoms with van der Waals surface area (Å²) in [5.74, 6) is -0.126. The van der Waals surface area contributed by atoms with Gasteiger partial charge in [-0.15, -0.1) is 22.7 Å². The third-order valence-corrected chi connectivity index (χ3v) is 11.3. The molecule has 186 valence electrons. The molecule has 0 unspecified atom stereocenters. The molecule has 12 heteroatoms. The lowest BCUT2D eigenvalue weighted by Gasteiger charge is -2.33. The van der Waals surface area contributed by atoms with Crippen LogP contribution in [0.2, 0.25) is 5.02 Å². The van der Waals surface area contributed by atoms with E-state index in [2.05, 4.69) is 14.9 Å². The van der Waals surface area contributed by atoms with Crippen LogP contribution in [0.5, 0.6) is 0 Å². The second-order valence-electron chi connectivity index (χ2n) is 8.71. The number of amides is 1. The molecule has 1 amide bonds. The normalized spacial score (nSPS) is 16.9. The molecule has 0 bridgehead atoms. The largest absolute Gasteiger partial charge is 0.366 e. The number of carbonyl (C=O) groups is 1. The van der Waals surface area contributed by atoms with Gasteiger partial charge in [0.05, 0.1) is 12.2 Å². The molecule has 1 fully saturated rings. The Morgan fingerprint density at radius 1 is 0.972 bits per heavy atom. The van der Waals surface area contributed by atoms with Crippen molar-refractivity contribution < 1.29 is 13.2 Å². The van der Waals surface area contributed by atoms with E-state index in [0.29, 0.717) is 27.3 Å². The van der Waals surface area contributed by atoms with Gasteiger partial charge in [0.1, 0.15) is 4.21 Å². The summed E-state index contributed by atoms with van der Waals surface area (Å²) in [6.07, 6.45) is 4.35. The molecular formula is C24H22ClN5O3S3. The zero-order chi connectivity index (χ0) is 24.9. The maximum atomic E-state index is 13.2. The molecule has 2 aliphatic rings. The summed E-state index contributed by atoms with van der Waals surface area (Å²) < 4.78 is 29.1. The Labute approximate surface area is 221 Å². The predicted molar refractivity (Wildman–Crippen MR) is 143 cm³/mol. The molecule has 0 aliphatic carbocycles. The molecule has 1 saturated heterocycles. The van der Waals surface area contributed by atoms with Crippen molar-refractivity contribution in [2.24, 2.45) is 0 Å². The standard InChI is InChI=1S/C24H22ClN5O3S3/c25-17-2-1-16-13-22(34-20(16)14-17)36(32,33)30-11-9-28(10-12-30)24(31)23-27-19-5-8-29(15-21(19)35-23)18-3-6-26-7-4-18/h1-4,6-7,13-14H,5,8-12,15H2. The third-order valence-electron chi connectivity index (χ3n) is 6.52. The number of carbonyl (C=O) groups excluding carboxylic acids is 1. The number of benzene rings is 1. The van der Waals surface area contributed by atoms with E-state index in [-0.39, 0.29) is 19.0 Å². The number of fused-ring (bicyclic) bond motifs is 2. The molecule has 8 nitrogen and oxygen atoms in total. The van der Waals surface area contributed by atoms with Gasteiger partial charge in [-0.2, -0.15) is 4.31 Å². The number of hydrogen-bond donors (Lipinski definition) is 0. The van der Waals surface area contributed by atoms with Crippen LogP contribution >= 0.6 is 34.3 Å². The van der Waals surface area contributed by atoms with Gasteiger partial charge in [0, 0.05) is 71.8 Å². The molecule has 3 aromatic heterocycles. The highest BCUT2D eigenvalue weighted by molar-refractivity contribution is 7.91. The number of nitrogens with zero attached hydrogens (tertiary/aromatic N) is 5. The molecule has 1 aromatic carbocycles. The Morgan fingerprint density at radius 2 is 1.75 bits per heavy atom. The Kier molecular flexibility index (Phi) is 6.21. The highest BCUT2D eigenvalue weighted by atomic mass is 35.5. The highest BCUT2D eigenvalue weighted by Crippen LogP contribution is 2.33. The van der Waals surface area contributed by atoms with E-state index in [1.54, 1.807) is 35.5 Å². The van der Waals surface area contributed by atoms with Crippen LogP contribution in [0.15, 0.2) is 53.0 Å². The summed E-state index contributed by atoms with van der Waals surface area (Å²) in [6, 6.07) is 11.0. The molecule has 6 rings (SSSR count). The van der Waals surface area contributed by atoms with Crippen molar-refractivity contribution in [3.63, 3.8) is 0 Å². The third kappa shape index (κ3) is 4.39. The van der Waals surface area contributed by atoms with Crippen LogP contribution in [-0.2, 0) is 23.0 Å². The first-order chi connectivity index (χ1) is 17.4. The fraction of sp³-hybridized carbons (Fsp3) is 0.292. The van der Waals surface area contributed by atoms with E-state index >= 15 is 0 Å². The SMILES string of the molecule is O=C(c1nc2c(s1)CN(c1ccncc1)CC2)N1CCN(S(=O)(=O)c2cc3ccc(Cl)cc3s2)CC1. The lowest BCUT2D eigenvalue weighted by atomic mass is 10.1. The van der Waals surface area contributed by atoms with Crippen LogP contribution in [0.3, 0.4) is 0 Å². The fourth-order valence-electron chi connectivity index (χ4n) is 4.56. The molecule has 0 atom stereocenters. The summed E-state index contributed by atoms with van der Waals surface area (Å²) in [5, 5.41) is 1.91. The number of pyridine rings is 1. The quantitative estimate of drug-likeness (QED) is 0.374. The molecule has 36 heavy (non-hydrogen) atoms. The first kappa shape index (κ1) is 23.8. The number of aromatic nitrogens is 2. The van der Waals surface area contributed by atoms with E-state index in [4.69, 9.17) is 11.6 Å². The van der Waals surface area contributed by atoms with Gasteiger partial charge in [-0.3, -0.25) is 9.78 Å². The Balaban J connectivity index is 1.13. The van der Waals surface area contributed by atoms with Crippen LogP contribution in [0.4, 0.5) is 5.69 Å². The van der Waals surface area contributed by atoms with Gasteiger partial charge in [0.25, 0.3) is 15.9 Å². The molecule has 0 radical (unpaired) electrons. The summed E-state index contributed by atoms with van der Waals surface area (Å²) >= 11 is 8.72. The van der Waals surface area contributed by atoms with Crippen LogP contribution in [0.25, 0.3) is 10.1 Å². The molecular weight excluding hydrogens is 538 g/mol. The van der Waals surface area contributed by atoms with Crippen molar-refractivity contribution in [1.82, 2.24) is 19.2 Å². The predicted octanol–water partition coefficient (Wildman–Crippen LogP) is 4.12. The van der Waals surface area contributed by atoms with Crippen LogP contribution in [-0.4, -0.2) is 66.2 Å². The number of hydrogen-bond acceptors (Lipinski definition) is 8. The Hall–Kier alpha value is -2.57. The van der Waals surface area contributed by atoms with Crippen LogP contribution in [0, 0.1) is 0 Å². The van der Waals surface area contributed by atoms with Gasteiger partial charge < -0.3 is 9.80 Å². The fourth-order valence-corrected chi connectivity index (χ4v) is 8.91. The topological polar surface area (TPSA) is 86.7 Å². The van der Waals surface area contributed by atoms with E-state index in [1.807, 2.05) is 18.2 Å². The zero-order valence-electron chi connectivity index (χ0n) is 19.1. The summed E-state index contributed by atoms with van der Waals surface area (Å²) in [4.78, 5) is 27.0. The lowest BCUT2D eigenvalue weighted by Crippen LogP contribution is -2.50. The maximum Gasteiger partial charge on any atom is 0.282 e. The number of sulfonamides is 1. The average molecular weight is 560 g/mol. The summed E-state index contributed by atoms with van der Waals surface area (Å²) in [5.41, 5.74) is 2.09. The molecule has 0 N–H and O–H groups in total. The van der Waals surface area contributed by atoms with Gasteiger partial charge in [-0.05, 0) is 35.7 Å². The van der Waals surface area contributed by atoms with Crippen molar-refractivity contribution in [2.45, 2.75) is 17.2 Å². The molecule has 0 saturated carbocycles. The number of thiazole rings is 1. The first-order valence-corrected chi connectivity index (χ1v) is 15.0. The number of halogens is 1. The first-order valence-electron chi connectivity index (χ1n) is 11.5. The minimum absolute atomic E-state index is 0.126. The van der Waals surface area contributed by atoms with Crippen LogP contribution in [0.1, 0.15) is 20.4 Å². The molecule has 4 aromatic rings. The number of anilines is 1. The minimum atomic E-state index is -3.64. The van der Waals surface area contributed by atoms with Crippen LogP contribution < -0.4 is 4.90 Å². The van der Waals surface area contributed by atoms with E-state index in [1.165, 1.54) is 27.0 Å². The average Bonchev–Trinajstić information content (AvgIpc) is 3.53. The minimum Gasteiger partial charge on any atom is -0.366 e. The maximum absolute atomic E-state index is 13.2. The second-order valence-corrected chi connectivity index (χ2v) is 13.5. The second kappa shape index (κ2) is 9.38. The van der Waals surface area contributed by atoms with Crippen molar-refractivity contribution >= 4 is 66.0 Å². The molecule has 0 spiro atoms. The molecule has 2 aliphatic heterocycles.